The van der Waals surface area contributed by atoms with Crippen molar-refractivity contribution < 1.29 is 9.32 Å². The van der Waals surface area contributed by atoms with E-state index in [1.165, 1.54) is 0 Å². The van der Waals surface area contributed by atoms with E-state index >= 15 is 0 Å². The van der Waals surface area contributed by atoms with Gasteiger partial charge in [-0.15, -0.1) is 0 Å². The van der Waals surface area contributed by atoms with Gasteiger partial charge in [-0.1, -0.05) is 36.7 Å². The smallest absolute Gasteiger partial charge is 0.257 e. The van der Waals surface area contributed by atoms with E-state index in [9.17, 15) is 4.79 Å². The van der Waals surface area contributed by atoms with Gasteiger partial charge in [0.05, 0.1) is 0 Å². The quantitative estimate of drug-likeness (QED) is 0.913. The molecule has 2 rings (SSSR count). The second-order valence-electron chi connectivity index (χ2n) is 5.05. The van der Waals surface area contributed by atoms with Gasteiger partial charge in [-0.3, -0.25) is 4.79 Å². The van der Waals surface area contributed by atoms with Crippen LogP contribution in [0.3, 0.4) is 0 Å². The highest BCUT2D eigenvalue weighted by molar-refractivity contribution is 6.05. The highest BCUT2D eigenvalue weighted by Gasteiger charge is 2.16. The van der Waals surface area contributed by atoms with Gasteiger partial charge >= 0.3 is 0 Å². The van der Waals surface area contributed by atoms with Crippen molar-refractivity contribution in [3.63, 3.8) is 0 Å². The third-order valence-electron chi connectivity index (χ3n) is 3.08. The summed E-state index contributed by atoms with van der Waals surface area (Å²) in [4.78, 5) is 12.2. The summed E-state index contributed by atoms with van der Waals surface area (Å²) in [7, 11) is 0. The summed E-state index contributed by atoms with van der Waals surface area (Å²) in [6, 6.07) is 5.74. The van der Waals surface area contributed by atoms with Crippen LogP contribution in [0, 0.1) is 13.8 Å². The first kappa shape index (κ1) is 13.3. The summed E-state index contributed by atoms with van der Waals surface area (Å²) in [5, 5.41) is 6.65. The average molecular weight is 258 g/mol. The van der Waals surface area contributed by atoms with Crippen molar-refractivity contribution in [2.75, 3.05) is 5.32 Å². The van der Waals surface area contributed by atoms with E-state index in [1.54, 1.807) is 6.26 Å². The Morgan fingerprint density at radius 1 is 1.32 bits per heavy atom. The molecule has 0 atom stereocenters. The van der Waals surface area contributed by atoms with E-state index in [1.807, 2.05) is 45.9 Å². The van der Waals surface area contributed by atoms with Crippen LogP contribution in [0.2, 0.25) is 0 Å². The summed E-state index contributed by atoms with van der Waals surface area (Å²) >= 11 is 0. The number of nitrogens with zero attached hydrogens (tertiary/aromatic N) is 1. The molecule has 0 fully saturated rings. The normalized spacial score (nSPS) is 10.8. The van der Waals surface area contributed by atoms with Gasteiger partial charge in [-0.2, -0.15) is 0 Å². The molecule has 1 N–H and O–H groups in total. The number of aromatic nitrogens is 1. The molecular weight excluding hydrogens is 240 g/mol. The number of amides is 1. The molecule has 0 aliphatic heterocycles. The Morgan fingerprint density at radius 3 is 2.68 bits per heavy atom. The zero-order chi connectivity index (χ0) is 14.0. The molecule has 100 valence electrons. The zero-order valence-corrected chi connectivity index (χ0v) is 11.7. The molecule has 0 saturated carbocycles. The molecule has 4 nitrogen and oxygen atoms in total. The van der Waals surface area contributed by atoms with Crippen molar-refractivity contribution in [2.45, 2.75) is 33.6 Å². The number of anilines is 1. The molecule has 0 unspecified atom stereocenters. The fraction of sp³-hybridized carbons (Fsp3) is 0.333. The maximum atomic E-state index is 12.2. The maximum absolute atomic E-state index is 12.2. The molecule has 0 radical (unpaired) electrons. The van der Waals surface area contributed by atoms with Crippen molar-refractivity contribution >= 4 is 11.7 Å². The second kappa shape index (κ2) is 5.26. The molecule has 2 aromatic rings. The van der Waals surface area contributed by atoms with Gasteiger partial charge in [0, 0.05) is 11.1 Å². The molecule has 1 aromatic heterocycles. The van der Waals surface area contributed by atoms with Crippen molar-refractivity contribution in [3.8, 4) is 0 Å². The second-order valence-corrected chi connectivity index (χ2v) is 5.05. The van der Waals surface area contributed by atoms with Gasteiger partial charge in [-0.25, -0.2) is 0 Å². The molecular formula is C15H18N2O2. The van der Waals surface area contributed by atoms with Gasteiger partial charge in [0.2, 0.25) is 0 Å². The first-order chi connectivity index (χ1) is 8.99. The molecule has 1 amide bonds. The number of aryl methyl sites for hydroxylation is 2. The first-order valence-corrected chi connectivity index (χ1v) is 6.32. The Bertz CT molecular complexity index is 600. The predicted molar refractivity (Wildman–Crippen MR) is 74.5 cm³/mol. The van der Waals surface area contributed by atoms with Gasteiger partial charge in [0.15, 0.2) is 5.82 Å². The van der Waals surface area contributed by atoms with Gasteiger partial charge in [0.1, 0.15) is 6.26 Å². The van der Waals surface area contributed by atoms with Crippen molar-refractivity contribution in [1.82, 2.24) is 5.16 Å². The Hall–Kier alpha value is -2.10. The van der Waals surface area contributed by atoms with Crippen LogP contribution < -0.4 is 5.32 Å². The zero-order valence-electron chi connectivity index (χ0n) is 11.7. The Labute approximate surface area is 112 Å². The lowest BCUT2D eigenvalue weighted by molar-refractivity contribution is 0.102. The largest absolute Gasteiger partial charge is 0.362 e. The van der Waals surface area contributed by atoms with Gasteiger partial charge in [-0.05, 0) is 31.4 Å². The minimum atomic E-state index is -0.159. The van der Waals surface area contributed by atoms with E-state index in [2.05, 4.69) is 10.5 Å². The lowest BCUT2D eigenvalue weighted by Crippen LogP contribution is -2.15. The number of nitrogens with one attached hydrogen (secondary N) is 1. The average Bonchev–Trinajstić information content (AvgIpc) is 2.76. The Morgan fingerprint density at radius 2 is 2.05 bits per heavy atom. The van der Waals surface area contributed by atoms with Crippen LogP contribution in [-0.4, -0.2) is 11.1 Å². The summed E-state index contributed by atoms with van der Waals surface area (Å²) < 4.78 is 4.93. The molecule has 0 aliphatic rings. The molecule has 0 aliphatic carbocycles. The van der Waals surface area contributed by atoms with Gasteiger partial charge < -0.3 is 9.84 Å². The Balaban J connectivity index is 2.23. The molecule has 0 saturated heterocycles. The SMILES string of the molecule is Cc1ccc(C(=O)Nc2nocc2C(C)C)c(C)c1. The first-order valence-electron chi connectivity index (χ1n) is 6.32. The molecule has 4 heteroatoms. The molecule has 19 heavy (non-hydrogen) atoms. The molecule has 1 aromatic carbocycles. The number of rotatable bonds is 3. The van der Waals surface area contributed by atoms with E-state index in [0.717, 1.165) is 16.7 Å². The van der Waals surface area contributed by atoms with Crippen LogP contribution in [0.1, 0.15) is 46.8 Å². The van der Waals surface area contributed by atoms with E-state index in [4.69, 9.17) is 4.52 Å². The van der Waals surface area contributed by atoms with Crippen molar-refractivity contribution in [2.24, 2.45) is 0 Å². The third kappa shape index (κ3) is 2.84. The van der Waals surface area contributed by atoms with Crippen LogP contribution in [0.15, 0.2) is 29.0 Å². The third-order valence-corrected chi connectivity index (χ3v) is 3.08. The highest BCUT2D eigenvalue weighted by Crippen LogP contribution is 2.23. The number of hydrogen-bond acceptors (Lipinski definition) is 3. The fourth-order valence-corrected chi connectivity index (χ4v) is 1.99. The number of carbonyl (C=O) groups is 1. The number of benzene rings is 1. The van der Waals surface area contributed by atoms with Crippen molar-refractivity contribution in [1.29, 1.82) is 0 Å². The Kier molecular flexibility index (Phi) is 3.69. The minimum Gasteiger partial charge on any atom is -0.362 e. The van der Waals surface area contributed by atoms with Crippen LogP contribution >= 0.6 is 0 Å². The standard InChI is InChI=1S/C15H18N2O2/c1-9(2)13-8-19-17-14(13)16-15(18)12-6-5-10(3)7-11(12)4/h5-9H,1-4H3,(H,16,17,18). The summed E-state index contributed by atoms with van der Waals surface area (Å²) in [6.07, 6.45) is 1.57. The number of hydrogen-bond donors (Lipinski definition) is 1. The molecule has 0 spiro atoms. The van der Waals surface area contributed by atoms with Crippen LogP contribution in [-0.2, 0) is 0 Å². The molecule has 0 bridgehead atoms. The maximum Gasteiger partial charge on any atom is 0.257 e. The van der Waals surface area contributed by atoms with E-state index in [-0.39, 0.29) is 11.8 Å². The van der Waals surface area contributed by atoms with Gasteiger partial charge in [0.25, 0.3) is 5.91 Å². The summed E-state index contributed by atoms with van der Waals surface area (Å²) in [5.41, 5.74) is 3.65. The monoisotopic (exact) mass is 258 g/mol. The summed E-state index contributed by atoms with van der Waals surface area (Å²) in [6.45, 7) is 7.98. The lowest BCUT2D eigenvalue weighted by atomic mass is 10.0. The predicted octanol–water partition coefficient (Wildman–Crippen LogP) is 3.67. The van der Waals surface area contributed by atoms with Crippen LogP contribution in [0.5, 0.6) is 0 Å². The minimum absolute atomic E-state index is 0.159. The summed E-state index contributed by atoms with van der Waals surface area (Å²) in [5.74, 6) is 0.592. The topological polar surface area (TPSA) is 55.1 Å². The highest BCUT2D eigenvalue weighted by atomic mass is 16.5. The number of carbonyl (C=O) groups excluding carboxylic acids is 1. The lowest BCUT2D eigenvalue weighted by Gasteiger charge is -2.08. The van der Waals surface area contributed by atoms with Crippen LogP contribution in [0.4, 0.5) is 5.82 Å². The van der Waals surface area contributed by atoms with Crippen molar-refractivity contribution in [3.05, 3.63) is 46.7 Å². The van der Waals surface area contributed by atoms with E-state index < -0.39 is 0 Å². The van der Waals surface area contributed by atoms with Crippen LogP contribution in [0.25, 0.3) is 0 Å². The van der Waals surface area contributed by atoms with E-state index in [0.29, 0.717) is 11.4 Å². The fourth-order valence-electron chi connectivity index (χ4n) is 1.99. The molecule has 1 heterocycles.